The number of piperidine rings is 3. The van der Waals surface area contributed by atoms with Crippen molar-refractivity contribution in [1.82, 2.24) is 10.2 Å². The summed E-state index contributed by atoms with van der Waals surface area (Å²) in [5.41, 5.74) is 0.762. The summed E-state index contributed by atoms with van der Waals surface area (Å²) in [5.74, 6) is 0.723. The highest BCUT2D eigenvalue weighted by molar-refractivity contribution is 14.1. The summed E-state index contributed by atoms with van der Waals surface area (Å²) in [6, 6.07) is 9.81. The van der Waals surface area contributed by atoms with E-state index in [-0.39, 0.29) is 5.91 Å². The van der Waals surface area contributed by atoms with Gasteiger partial charge in [0.15, 0.2) is 0 Å². The fraction of sp³-hybridized carbons (Fsp3) is 0.500. The number of alkyl halides is 1. The van der Waals surface area contributed by atoms with Gasteiger partial charge in [0, 0.05) is 5.56 Å². The van der Waals surface area contributed by atoms with Crippen LogP contribution in [0.3, 0.4) is 0 Å². The zero-order chi connectivity index (χ0) is 12.5. The van der Waals surface area contributed by atoms with Crippen LogP contribution in [0.4, 0.5) is 0 Å². The molecule has 1 aromatic rings. The van der Waals surface area contributed by atoms with Crippen molar-refractivity contribution in [3.63, 3.8) is 0 Å². The van der Waals surface area contributed by atoms with E-state index >= 15 is 0 Å². The van der Waals surface area contributed by atoms with E-state index in [0.717, 1.165) is 5.56 Å². The molecule has 18 heavy (non-hydrogen) atoms. The van der Waals surface area contributed by atoms with Gasteiger partial charge in [0.2, 0.25) is 0 Å². The lowest BCUT2D eigenvalue weighted by molar-refractivity contribution is 0.0554. The number of benzene rings is 1. The van der Waals surface area contributed by atoms with Crippen molar-refractivity contribution in [2.24, 2.45) is 5.92 Å². The Hall–Kier alpha value is -0.620. The number of carbonyl (C=O) groups excluding carboxylic acids is 1. The van der Waals surface area contributed by atoms with Gasteiger partial charge >= 0.3 is 0 Å². The van der Waals surface area contributed by atoms with Crippen molar-refractivity contribution in [1.29, 1.82) is 0 Å². The lowest BCUT2D eigenvalue weighted by atomic mass is 9.84. The van der Waals surface area contributed by atoms with Gasteiger partial charge in [-0.2, -0.15) is 0 Å². The van der Waals surface area contributed by atoms with Crippen molar-refractivity contribution >= 4 is 28.5 Å². The van der Waals surface area contributed by atoms with Crippen LogP contribution < -0.4 is 5.32 Å². The normalized spacial score (nSPS) is 34.3. The molecule has 3 fully saturated rings. The number of fused-ring (bicyclic) bond motifs is 3. The first-order chi connectivity index (χ1) is 8.75. The Morgan fingerprint density at radius 2 is 1.89 bits per heavy atom. The van der Waals surface area contributed by atoms with Crippen molar-refractivity contribution in [2.45, 2.75) is 22.9 Å². The quantitative estimate of drug-likeness (QED) is 0.501. The first kappa shape index (κ1) is 12.4. The molecule has 1 amide bonds. The number of amides is 1. The third kappa shape index (κ3) is 2.28. The second kappa shape index (κ2) is 5.17. The van der Waals surface area contributed by atoms with Gasteiger partial charge in [0.05, 0.1) is 10.1 Å². The number of halogens is 1. The fourth-order valence-corrected chi connectivity index (χ4v) is 4.31. The van der Waals surface area contributed by atoms with Gasteiger partial charge in [-0.15, -0.1) is 0 Å². The fourth-order valence-electron chi connectivity index (χ4n) is 2.99. The van der Waals surface area contributed by atoms with Crippen LogP contribution in [0.2, 0.25) is 0 Å². The third-order valence-corrected chi connectivity index (χ3v) is 5.62. The van der Waals surface area contributed by atoms with Gasteiger partial charge in [-0.1, -0.05) is 40.8 Å². The minimum absolute atomic E-state index is 0.0658. The summed E-state index contributed by atoms with van der Waals surface area (Å²) in [4.78, 5) is 14.7. The van der Waals surface area contributed by atoms with Crippen LogP contribution in [0.5, 0.6) is 0 Å². The van der Waals surface area contributed by atoms with E-state index in [1.165, 1.54) is 25.9 Å². The SMILES string of the molecule is O=C(NC1C2CCN(CC2)C1I)c1ccccc1. The molecule has 1 aromatic carbocycles. The molecular formula is C14H17IN2O. The maximum atomic E-state index is 12.2. The molecular weight excluding hydrogens is 339 g/mol. The summed E-state index contributed by atoms with van der Waals surface area (Å²) < 4.78 is 0.447. The van der Waals surface area contributed by atoms with Crippen LogP contribution in [0.25, 0.3) is 0 Å². The van der Waals surface area contributed by atoms with Gasteiger partial charge < -0.3 is 5.32 Å². The second-order valence-electron chi connectivity index (χ2n) is 5.11. The molecule has 3 saturated heterocycles. The summed E-state index contributed by atoms with van der Waals surface area (Å²) in [6.45, 7) is 2.38. The predicted molar refractivity (Wildman–Crippen MR) is 79.8 cm³/mol. The minimum atomic E-state index is 0.0658. The number of carbonyl (C=O) groups is 1. The number of rotatable bonds is 2. The van der Waals surface area contributed by atoms with E-state index < -0.39 is 0 Å². The Morgan fingerprint density at radius 3 is 2.50 bits per heavy atom. The van der Waals surface area contributed by atoms with Gasteiger partial charge in [-0.25, -0.2) is 0 Å². The Morgan fingerprint density at radius 1 is 1.22 bits per heavy atom. The lowest BCUT2D eigenvalue weighted by Gasteiger charge is -2.48. The standard InChI is InChI=1S/C14H17IN2O/c15-13-12(10-6-8-17(13)9-7-10)16-14(18)11-4-2-1-3-5-11/h1-5,10,12-13H,6-9H2,(H,16,18). The van der Waals surface area contributed by atoms with E-state index in [1.54, 1.807) is 0 Å². The number of nitrogens with zero attached hydrogens (tertiary/aromatic N) is 1. The highest BCUT2D eigenvalue weighted by atomic mass is 127. The Kier molecular flexibility index (Phi) is 3.56. The first-order valence-electron chi connectivity index (χ1n) is 6.50. The smallest absolute Gasteiger partial charge is 0.251 e. The average molecular weight is 356 g/mol. The molecule has 4 heteroatoms. The molecule has 2 unspecified atom stereocenters. The molecule has 3 aliphatic heterocycles. The Bertz CT molecular complexity index is 427. The monoisotopic (exact) mass is 356 g/mol. The van der Waals surface area contributed by atoms with Crippen molar-refractivity contribution in [2.75, 3.05) is 13.1 Å². The van der Waals surface area contributed by atoms with Crippen LogP contribution in [-0.4, -0.2) is 34.0 Å². The Labute approximate surface area is 121 Å². The van der Waals surface area contributed by atoms with Gasteiger partial charge in [-0.3, -0.25) is 9.69 Å². The molecule has 0 aliphatic carbocycles. The minimum Gasteiger partial charge on any atom is -0.347 e. The van der Waals surface area contributed by atoms with Gasteiger partial charge in [0.1, 0.15) is 0 Å². The van der Waals surface area contributed by atoms with Crippen molar-refractivity contribution in [3.8, 4) is 0 Å². The van der Waals surface area contributed by atoms with Gasteiger partial charge in [0.25, 0.3) is 5.91 Å². The average Bonchev–Trinajstić information content (AvgIpc) is 2.44. The molecule has 1 N–H and O–H groups in total. The highest BCUT2D eigenvalue weighted by Gasteiger charge is 2.41. The molecule has 0 aromatic heterocycles. The predicted octanol–water partition coefficient (Wildman–Crippen LogP) is 2.27. The molecule has 0 saturated carbocycles. The molecule has 4 rings (SSSR count). The van der Waals surface area contributed by atoms with E-state index in [0.29, 0.717) is 16.0 Å². The zero-order valence-electron chi connectivity index (χ0n) is 10.2. The van der Waals surface area contributed by atoms with Crippen LogP contribution in [-0.2, 0) is 0 Å². The molecule has 3 heterocycles. The van der Waals surface area contributed by atoms with E-state index in [4.69, 9.17) is 0 Å². The van der Waals surface area contributed by atoms with Crippen LogP contribution in [0, 0.1) is 5.92 Å². The molecule has 2 bridgehead atoms. The molecule has 96 valence electrons. The summed E-state index contributed by atoms with van der Waals surface area (Å²) >= 11 is 2.48. The maximum absolute atomic E-state index is 12.2. The van der Waals surface area contributed by atoms with Gasteiger partial charge in [-0.05, 0) is 44.0 Å². The van der Waals surface area contributed by atoms with Crippen LogP contribution in [0.15, 0.2) is 30.3 Å². The number of hydrogen-bond acceptors (Lipinski definition) is 2. The first-order valence-corrected chi connectivity index (χ1v) is 7.74. The van der Waals surface area contributed by atoms with E-state index in [1.807, 2.05) is 30.3 Å². The lowest BCUT2D eigenvalue weighted by Crippen LogP contribution is -2.61. The van der Waals surface area contributed by atoms with Crippen LogP contribution in [0.1, 0.15) is 23.2 Å². The topological polar surface area (TPSA) is 32.3 Å². The maximum Gasteiger partial charge on any atom is 0.251 e. The number of hydrogen-bond donors (Lipinski definition) is 1. The third-order valence-electron chi connectivity index (χ3n) is 4.06. The summed E-state index contributed by atoms with van der Waals surface area (Å²) in [5, 5.41) is 3.23. The largest absolute Gasteiger partial charge is 0.347 e. The van der Waals surface area contributed by atoms with Crippen LogP contribution >= 0.6 is 22.6 Å². The molecule has 3 aliphatic rings. The van der Waals surface area contributed by atoms with E-state index in [9.17, 15) is 4.79 Å². The summed E-state index contributed by atoms with van der Waals surface area (Å²) in [7, 11) is 0. The number of nitrogens with one attached hydrogen (secondary N) is 1. The van der Waals surface area contributed by atoms with E-state index in [2.05, 4.69) is 32.8 Å². The highest BCUT2D eigenvalue weighted by Crippen LogP contribution is 2.35. The molecule has 0 spiro atoms. The van der Waals surface area contributed by atoms with Crippen molar-refractivity contribution < 1.29 is 4.79 Å². The summed E-state index contributed by atoms with van der Waals surface area (Å²) in [6.07, 6.45) is 2.44. The molecule has 0 radical (unpaired) electrons. The second-order valence-corrected chi connectivity index (χ2v) is 6.39. The molecule has 2 atom stereocenters. The van der Waals surface area contributed by atoms with Crippen molar-refractivity contribution in [3.05, 3.63) is 35.9 Å². The molecule has 3 nitrogen and oxygen atoms in total. The Balaban J connectivity index is 1.71. The zero-order valence-corrected chi connectivity index (χ0v) is 12.3.